The summed E-state index contributed by atoms with van der Waals surface area (Å²) < 4.78 is 39.9. The summed E-state index contributed by atoms with van der Waals surface area (Å²) in [5.41, 5.74) is 0.442. The number of halogens is 2. The lowest BCUT2D eigenvalue weighted by Crippen LogP contribution is -2.15. The molecule has 0 aromatic heterocycles. The zero-order valence-corrected chi connectivity index (χ0v) is 13.2. The second-order valence-electron chi connectivity index (χ2n) is 4.63. The van der Waals surface area contributed by atoms with E-state index in [1.807, 2.05) is 6.92 Å². The minimum Gasteiger partial charge on any atom is -0.494 e. The topological polar surface area (TPSA) is 56.8 Å². The minimum atomic E-state index is -3.07. The first-order valence-corrected chi connectivity index (χ1v) is 7.21. The predicted octanol–water partition coefficient (Wildman–Crippen LogP) is 3.95. The number of amides is 1. The molecule has 1 amide bonds. The Morgan fingerprint density at radius 3 is 2.46 bits per heavy atom. The monoisotopic (exact) mass is 337 g/mol. The molecule has 0 aliphatic carbocycles. The van der Waals surface area contributed by atoms with Gasteiger partial charge in [-0.2, -0.15) is 8.78 Å². The molecule has 0 spiro atoms. The third-order valence-corrected chi connectivity index (χ3v) is 3.07. The maximum absolute atomic E-state index is 12.6. The molecular weight excluding hydrogens is 320 g/mol. The van der Waals surface area contributed by atoms with E-state index in [0.717, 1.165) is 0 Å². The lowest BCUT2D eigenvalue weighted by Gasteiger charge is -2.14. The molecule has 0 aliphatic heterocycles. The van der Waals surface area contributed by atoms with Crippen molar-refractivity contribution >= 4 is 11.6 Å². The molecule has 0 aliphatic rings. The van der Waals surface area contributed by atoms with Gasteiger partial charge in [0.1, 0.15) is 5.75 Å². The van der Waals surface area contributed by atoms with Crippen LogP contribution >= 0.6 is 0 Å². The number of carbonyl (C=O) groups excluding carboxylic acids is 1. The van der Waals surface area contributed by atoms with Crippen LogP contribution in [0.5, 0.6) is 17.2 Å². The number of hydrogen-bond acceptors (Lipinski definition) is 4. The molecule has 0 atom stereocenters. The maximum atomic E-state index is 12.6. The number of methoxy groups -OCH3 is 1. The highest BCUT2D eigenvalue weighted by atomic mass is 19.3. The van der Waals surface area contributed by atoms with E-state index in [4.69, 9.17) is 9.47 Å². The van der Waals surface area contributed by atoms with Crippen molar-refractivity contribution in [2.45, 2.75) is 13.5 Å². The Balaban J connectivity index is 2.22. The van der Waals surface area contributed by atoms with Crippen molar-refractivity contribution in [1.29, 1.82) is 0 Å². The van der Waals surface area contributed by atoms with Crippen LogP contribution in [-0.4, -0.2) is 26.2 Å². The van der Waals surface area contributed by atoms with Gasteiger partial charge in [-0.15, -0.1) is 0 Å². The Hall–Kier alpha value is -2.83. The SMILES string of the molecule is CCOc1ccc(NC(=O)c2cccc(OC)c2OC(F)F)cc1. The number of hydrogen-bond donors (Lipinski definition) is 1. The van der Waals surface area contributed by atoms with E-state index < -0.39 is 12.5 Å². The van der Waals surface area contributed by atoms with Gasteiger partial charge in [0.25, 0.3) is 5.91 Å². The molecule has 0 fully saturated rings. The molecule has 2 aromatic rings. The normalized spacial score (nSPS) is 10.4. The van der Waals surface area contributed by atoms with Crippen molar-refractivity contribution in [3.63, 3.8) is 0 Å². The summed E-state index contributed by atoms with van der Waals surface area (Å²) in [5, 5.41) is 2.62. The first-order valence-electron chi connectivity index (χ1n) is 7.21. The number of carbonyl (C=O) groups is 1. The second kappa shape index (κ2) is 8.14. The Bertz CT molecular complexity index is 689. The first kappa shape index (κ1) is 17.5. The summed E-state index contributed by atoms with van der Waals surface area (Å²) in [6, 6.07) is 11.0. The van der Waals surface area contributed by atoms with Gasteiger partial charge in [-0.05, 0) is 43.3 Å². The highest BCUT2D eigenvalue weighted by Crippen LogP contribution is 2.33. The van der Waals surface area contributed by atoms with Gasteiger partial charge in [0.05, 0.1) is 19.3 Å². The number of para-hydroxylation sites is 1. The highest BCUT2D eigenvalue weighted by Gasteiger charge is 2.20. The van der Waals surface area contributed by atoms with E-state index in [9.17, 15) is 13.6 Å². The van der Waals surface area contributed by atoms with Crippen molar-refractivity contribution in [3.05, 3.63) is 48.0 Å². The first-order chi connectivity index (χ1) is 11.5. The Labute approximate surface area is 138 Å². The predicted molar refractivity (Wildman–Crippen MR) is 85.2 cm³/mol. The van der Waals surface area contributed by atoms with Crippen molar-refractivity contribution in [3.8, 4) is 17.2 Å². The minimum absolute atomic E-state index is 0.0506. The molecule has 2 aromatic carbocycles. The molecule has 7 heteroatoms. The lowest BCUT2D eigenvalue weighted by atomic mass is 10.1. The number of anilines is 1. The van der Waals surface area contributed by atoms with Gasteiger partial charge in [0.15, 0.2) is 11.5 Å². The summed E-state index contributed by atoms with van der Waals surface area (Å²) in [7, 11) is 1.31. The zero-order chi connectivity index (χ0) is 17.5. The smallest absolute Gasteiger partial charge is 0.387 e. The van der Waals surface area contributed by atoms with E-state index in [2.05, 4.69) is 10.1 Å². The summed E-state index contributed by atoms with van der Waals surface area (Å²) in [5.74, 6) is -0.180. The molecule has 0 unspecified atom stereocenters. The van der Waals surface area contributed by atoms with E-state index in [0.29, 0.717) is 18.0 Å². The number of ether oxygens (including phenoxy) is 3. The molecule has 0 radical (unpaired) electrons. The summed E-state index contributed by atoms with van der Waals surface area (Å²) in [4.78, 5) is 12.4. The largest absolute Gasteiger partial charge is 0.494 e. The molecule has 2 rings (SSSR count). The summed E-state index contributed by atoms with van der Waals surface area (Å²) in [6.07, 6.45) is 0. The molecule has 128 valence electrons. The average molecular weight is 337 g/mol. The van der Waals surface area contributed by atoms with Gasteiger partial charge in [0, 0.05) is 5.69 Å². The van der Waals surface area contributed by atoms with Crippen LogP contribution in [-0.2, 0) is 0 Å². The second-order valence-corrected chi connectivity index (χ2v) is 4.63. The van der Waals surface area contributed by atoms with Crippen LogP contribution in [0, 0.1) is 0 Å². The summed E-state index contributed by atoms with van der Waals surface area (Å²) in [6.45, 7) is -0.675. The van der Waals surface area contributed by atoms with Crippen LogP contribution in [0.4, 0.5) is 14.5 Å². The molecule has 0 saturated carbocycles. The Morgan fingerprint density at radius 2 is 1.88 bits per heavy atom. The highest BCUT2D eigenvalue weighted by molar-refractivity contribution is 6.06. The van der Waals surface area contributed by atoms with Crippen molar-refractivity contribution in [2.24, 2.45) is 0 Å². The molecular formula is C17H17F2NO4. The summed E-state index contributed by atoms with van der Waals surface area (Å²) >= 11 is 0. The molecule has 0 saturated heterocycles. The number of benzene rings is 2. The fourth-order valence-electron chi connectivity index (χ4n) is 2.07. The standard InChI is InChI=1S/C17H17F2NO4/c1-3-23-12-9-7-11(8-10-12)20-16(21)13-5-4-6-14(22-2)15(13)24-17(18)19/h4-10,17H,3H2,1-2H3,(H,20,21). The maximum Gasteiger partial charge on any atom is 0.387 e. The average Bonchev–Trinajstić information content (AvgIpc) is 2.56. The van der Waals surface area contributed by atoms with Gasteiger partial charge in [0.2, 0.25) is 0 Å². The van der Waals surface area contributed by atoms with Gasteiger partial charge < -0.3 is 19.5 Å². The third kappa shape index (κ3) is 4.34. The molecule has 0 heterocycles. The van der Waals surface area contributed by atoms with Crippen LogP contribution in [0.1, 0.15) is 17.3 Å². The van der Waals surface area contributed by atoms with Crippen LogP contribution < -0.4 is 19.5 Å². The fourth-order valence-corrected chi connectivity index (χ4v) is 2.07. The fraction of sp³-hybridized carbons (Fsp3) is 0.235. The zero-order valence-electron chi connectivity index (χ0n) is 13.2. The molecule has 1 N–H and O–H groups in total. The Kier molecular flexibility index (Phi) is 5.95. The van der Waals surface area contributed by atoms with Crippen LogP contribution in [0.3, 0.4) is 0 Å². The Morgan fingerprint density at radius 1 is 1.17 bits per heavy atom. The van der Waals surface area contributed by atoms with Gasteiger partial charge in [-0.25, -0.2) is 0 Å². The molecule has 0 bridgehead atoms. The van der Waals surface area contributed by atoms with E-state index in [1.54, 1.807) is 24.3 Å². The van der Waals surface area contributed by atoms with Gasteiger partial charge in [-0.1, -0.05) is 6.07 Å². The number of alkyl halides is 2. The third-order valence-electron chi connectivity index (χ3n) is 3.07. The van der Waals surface area contributed by atoms with Crippen molar-refractivity contribution in [1.82, 2.24) is 0 Å². The van der Waals surface area contributed by atoms with Crippen molar-refractivity contribution < 1.29 is 27.8 Å². The van der Waals surface area contributed by atoms with E-state index >= 15 is 0 Å². The van der Waals surface area contributed by atoms with Gasteiger partial charge >= 0.3 is 6.61 Å². The van der Waals surface area contributed by atoms with Crippen LogP contribution in [0.15, 0.2) is 42.5 Å². The molecule has 24 heavy (non-hydrogen) atoms. The quantitative estimate of drug-likeness (QED) is 0.831. The lowest BCUT2D eigenvalue weighted by molar-refractivity contribution is -0.0515. The number of nitrogens with one attached hydrogen (secondary N) is 1. The number of rotatable bonds is 7. The van der Waals surface area contributed by atoms with Gasteiger partial charge in [-0.3, -0.25) is 4.79 Å². The van der Waals surface area contributed by atoms with E-state index in [-0.39, 0.29) is 17.1 Å². The van der Waals surface area contributed by atoms with E-state index in [1.165, 1.54) is 25.3 Å². The van der Waals surface area contributed by atoms with Crippen LogP contribution in [0.25, 0.3) is 0 Å². The molecule has 5 nitrogen and oxygen atoms in total. The van der Waals surface area contributed by atoms with Crippen LogP contribution in [0.2, 0.25) is 0 Å². The van der Waals surface area contributed by atoms with Crippen molar-refractivity contribution in [2.75, 3.05) is 19.0 Å².